The van der Waals surface area contributed by atoms with Gasteiger partial charge in [0.15, 0.2) is 0 Å². The average Bonchev–Trinajstić information content (AvgIpc) is 2.79. The Balaban J connectivity index is 2.17. The molecule has 3 aromatic rings. The van der Waals surface area contributed by atoms with Crippen LogP contribution in [-0.2, 0) is 0 Å². The molecule has 0 saturated heterocycles. The Morgan fingerprint density at radius 1 is 1.11 bits per heavy atom. The SMILES string of the molecule is [2H]c1cc(Nc2nc([2H])c([2H])c(Nc3c(C([2H])([2H])[2H])cc(/C=C/C#N)cc3C([2H])([2H])[2H])n2)cc([2H])c1C#N. The van der Waals surface area contributed by atoms with E-state index in [9.17, 15) is 0 Å². The van der Waals surface area contributed by atoms with E-state index in [1.165, 1.54) is 30.3 Å². The molecule has 1 aromatic heterocycles. The van der Waals surface area contributed by atoms with Gasteiger partial charge in [-0.1, -0.05) is 0 Å². The molecule has 0 unspecified atom stereocenters. The van der Waals surface area contributed by atoms with Gasteiger partial charge in [0.1, 0.15) is 5.82 Å². The van der Waals surface area contributed by atoms with Gasteiger partial charge in [0.25, 0.3) is 0 Å². The summed E-state index contributed by atoms with van der Waals surface area (Å²) in [6.07, 6.45) is 1.74. The van der Waals surface area contributed by atoms with Crippen LogP contribution in [0, 0.1) is 36.4 Å². The molecule has 0 radical (unpaired) electrons. The molecule has 0 fully saturated rings. The summed E-state index contributed by atoms with van der Waals surface area (Å²) >= 11 is 0. The van der Waals surface area contributed by atoms with Gasteiger partial charge in [0.2, 0.25) is 5.95 Å². The number of nitrogens with zero attached hydrogens (tertiary/aromatic N) is 4. The molecule has 0 aliphatic heterocycles. The zero-order valence-electron chi connectivity index (χ0n) is 24.3. The lowest BCUT2D eigenvalue weighted by molar-refractivity contribution is 1.16. The zero-order chi connectivity index (χ0) is 28.4. The summed E-state index contributed by atoms with van der Waals surface area (Å²) in [5, 5.41) is 23.1. The van der Waals surface area contributed by atoms with Crippen molar-refractivity contribution in [2.24, 2.45) is 0 Å². The van der Waals surface area contributed by atoms with E-state index >= 15 is 0 Å². The molecule has 2 N–H and O–H groups in total. The first-order valence-corrected chi connectivity index (χ1v) is 7.81. The average molecular weight is 376 g/mol. The molecule has 6 heteroatoms. The Hall–Kier alpha value is -4.16. The van der Waals surface area contributed by atoms with Gasteiger partial charge in [0, 0.05) is 31.8 Å². The lowest BCUT2D eigenvalue weighted by Crippen LogP contribution is -2.02. The topological polar surface area (TPSA) is 97.4 Å². The minimum atomic E-state index is -2.81. The fourth-order valence-corrected chi connectivity index (χ4v) is 2.20. The Morgan fingerprint density at radius 2 is 1.86 bits per heavy atom. The summed E-state index contributed by atoms with van der Waals surface area (Å²) in [6, 6.07) is 7.31. The molecule has 3 rings (SSSR count). The molecular formula is C22H18N6. The van der Waals surface area contributed by atoms with E-state index in [4.69, 9.17) is 24.2 Å². The first kappa shape index (κ1) is 9.68. The summed E-state index contributed by atoms with van der Waals surface area (Å²) in [5.74, 6) is -0.647. The molecule has 136 valence electrons. The van der Waals surface area contributed by atoms with Crippen molar-refractivity contribution in [3.8, 4) is 12.1 Å². The standard InChI is InChI=1S/C22H18N6/c1-15-12-18(4-3-10-23)13-16(2)21(15)27-20-9-11-25-22(28-20)26-19-7-5-17(14-24)6-8-19/h3-9,11-13H,1-2H3,(H2,25,26,27,28)/b4-3+/i1D3,2D3,5D,6D,9D,11D. The maximum atomic E-state index is 9.06. The Bertz CT molecular complexity index is 1460. The number of rotatable bonds is 5. The van der Waals surface area contributed by atoms with E-state index < -0.39 is 37.0 Å². The van der Waals surface area contributed by atoms with Crippen LogP contribution >= 0.6 is 0 Å². The van der Waals surface area contributed by atoms with Gasteiger partial charge < -0.3 is 10.6 Å². The lowest BCUT2D eigenvalue weighted by Gasteiger charge is -2.14. The van der Waals surface area contributed by atoms with E-state index in [0.29, 0.717) is 0 Å². The summed E-state index contributed by atoms with van der Waals surface area (Å²) < 4.78 is 79.7. The number of anilines is 4. The molecule has 0 bridgehead atoms. The molecule has 6 nitrogen and oxygen atoms in total. The van der Waals surface area contributed by atoms with Crippen LogP contribution in [0.15, 0.2) is 54.6 Å². The van der Waals surface area contributed by atoms with Gasteiger partial charge in [-0.3, -0.25) is 0 Å². The third-order valence-electron chi connectivity index (χ3n) is 3.42. The molecule has 2 aromatic carbocycles. The molecule has 28 heavy (non-hydrogen) atoms. The normalized spacial score (nSPS) is 16.4. The number of aryl methyl sites for hydroxylation is 2. The number of nitrogens with one attached hydrogen (secondary N) is 2. The Morgan fingerprint density at radius 3 is 2.50 bits per heavy atom. The third-order valence-corrected chi connectivity index (χ3v) is 3.42. The van der Waals surface area contributed by atoms with E-state index in [1.807, 2.05) is 0 Å². The minimum absolute atomic E-state index is 0.141. The van der Waals surface area contributed by atoms with Gasteiger partial charge in [-0.15, -0.1) is 0 Å². The van der Waals surface area contributed by atoms with E-state index in [2.05, 4.69) is 20.6 Å². The van der Waals surface area contributed by atoms with Crippen molar-refractivity contribution in [1.29, 1.82) is 10.5 Å². The fraction of sp³-hybridized carbons (Fsp3) is 0.0909. The summed E-state index contributed by atoms with van der Waals surface area (Å²) in [5.41, 5.74) is -1.03. The molecule has 0 saturated carbocycles. The first-order valence-electron chi connectivity index (χ1n) is 12.8. The monoisotopic (exact) mass is 376 g/mol. The number of allylic oxidation sites excluding steroid dienone is 1. The van der Waals surface area contributed by atoms with Crippen molar-refractivity contribution in [2.45, 2.75) is 13.7 Å². The lowest BCUT2D eigenvalue weighted by atomic mass is 10.0. The highest BCUT2D eigenvalue weighted by molar-refractivity contribution is 5.69. The minimum Gasteiger partial charge on any atom is -0.340 e. The third kappa shape index (κ3) is 4.51. The number of hydrogen-bond donors (Lipinski definition) is 2. The van der Waals surface area contributed by atoms with Gasteiger partial charge in [-0.25, -0.2) is 4.98 Å². The Labute approximate surface area is 177 Å². The van der Waals surface area contributed by atoms with Gasteiger partial charge >= 0.3 is 0 Å². The molecule has 0 spiro atoms. The Kier molecular flexibility index (Phi) is 2.93. The maximum absolute atomic E-state index is 9.06. The second kappa shape index (κ2) is 8.48. The highest BCUT2D eigenvalue weighted by Gasteiger charge is 2.07. The predicted octanol–water partition coefficient (Wildman–Crippen LogP) is 4.99. The number of aromatic nitrogens is 2. The van der Waals surface area contributed by atoms with Crippen LogP contribution in [0.3, 0.4) is 0 Å². The van der Waals surface area contributed by atoms with Crippen LogP contribution in [0.25, 0.3) is 6.08 Å². The van der Waals surface area contributed by atoms with Gasteiger partial charge in [-0.2, -0.15) is 15.5 Å². The predicted molar refractivity (Wildman–Crippen MR) is 110 cm³/mol. The van der Waals surface area contributed by atoms with Gasteiger partial charge in [0.05, 0.1) is 23.2 Å². The highest BCUT2D eigenvalue weighted by atomic mass is 15.1. The van der Waals surface area contributed by atoms with Crippen molar-refractivity contribution in [2.75, 3.05) is 10.6 Å². The summed E-state index contributed by atoms with van der Waals surface area (Å²) in [7, 11) is 0. The fourth-order valence-electron chi connectivity index (χ4n) is 2.20. The van der Waals surface area contributed by atoms with E-state index in [0.717, 1.165) is 6.08 Å². The van der Waals surface area contributed by atoms with Crippen molar-refractivity contribution in [3.05, 3.63) is 76.9 Å². The molecular weight excluding hydrogens is 348 g/mol. The van der Waals surface area contributed by atoms with Crippen LogP contribution < -0.4 is 10.6 Å². The van der Waals surface area contributed by atoms with Crippen LogP contribution in [-0.4, -0.2) is 9.97 Å². The second-order valence-corrected chi connectivity index (χ2v) is 5.36. The first-order chi connectivity index (χ1) is 17.6. The number of benzene rings is 2. The van der Waals surface area contributed by atoms with Gasteiger partial charge in [-0.05, 0) is 78.9 Å². The largest absolute Gasteiger partial charge is 0.340 e. The van der Waals surface area contributed by atoms with Crippen molar-refractivity contribution in [1.82, 2.24) is 9.97 Å². The van der Waals surface area contributed by atoms with Crippen molar-refractivity contribution < 1.29 is 13.7 Å². The smallest absolute Gasteiger partial charge is 0.229 e. The summed E-state index contributed by atoms with van der Waals surface area (Å²) in [6.45, 7) is -5.62. The van der Waals surface area contributed by atoms with Crippen LogP contribution in [0.5, 0.6) is 0 Å². The van der Waals surface area contributed by atoms with Crippen molar-refractivity contribution >= 4 is 29.2 Å². The van der Waals surface area contributed by atoms with Crippen LogP contribution in [0.1, 0.15) is 36.0 Å². The molecule has 0 amide bonds. The van der Waals surface area contributed by atoms with Crippen molar-refractivity contribution in [3.63, 3.8) is 0 Å². The van der Waals surface area contributed by atoms with Crippen LogP contribution in [0.2, 0.25) is 0 Å². The second-order valence-electron chi connectivity index (χ2n) is 5.36. The summed E-state index contributed by atoms with van der Waals surface area (Å²) in [4.78, 5) is 7.92. The zero-order valence-corrected chi connectivity index (χ0v) is 14.3. The number of nitriles is 2. The number of hydrogen-bond acceptors (Lipinski definition) is 6. The molecule has 1 heterocycles. The molecule has 0 aliphatic carbocycles. The van der Waals surface area contributed by atoms with E-state index in [1.54, 1.807) is 12.1 Å². The van der Waals surface area contributed by atoms with Crippen LogP contribution in [0.4, 0.5) is 23.1 Å². The quantitative estimate of drug-likeness (QED) is 0.609. The van der Waals surface area contributed by atoms with E-state index in [-0.39, 0.29) is 46.4 Å². The highest BCUT2D eigenvalue weighted by Crippen LogP contribution is 2.26. The molecule has 0 aliphatic rings. The maximum Gasteiger partial charge on any atom is 0.229 e. The molecule has 0 atom stereocenters.